The third-order valence-electron chi connectivity index (χ3n) is 3.39. The fourth-order valence-corrected chi connectivity index (χ4v) is 3.18. The molecule has 102 valence electrons. The molecule has 0 aliphatic heterocycles. The van der Waals surface area contributed by atoms with Gasteiger partial charge in [-0.1, -0.05) is 0 Å². The van der Waals surface area contributed by atoms with Crippen molar-refractivity contribution < 1.29 is 0 Å². The topological polar surface area (TPSA) is 56.7 Å². The molecule has 0 aromatic carbocycles. The number of nitrogen functional groups attached to an aromatic ring is 1. The Hall–Kier alpha value is -2.14. The first-order chi connectivity index (χ1) is 9.66. The van der Waals surface area contributed by atoms with Gasteiger partial charge in [0.15, 0.2) is 0 Å². The summed E-state index contributed by atoms with van der Waals surface area (Å²) in [4.78, 5) is 11.1. The lowest BCUT2D eigenvalue weighted by molar-refractivity contribution is 0.656. The molecule has 0 saturated heterocycles. The lowest BCUT2D eigenvalue weighted by Crippen LogP contribution is -2.06. The highest BCUT2D eigenvalue weighted by Gasteiger charge is 2.15. The van der Waals surface area contributed by atoms with E-state index in [9.17, 15) is 0 Å². The van der Waals surface area contributed by atoms with Gasteiger partial charge in [-0.2, -0.15) is 0 Å². The Morgan fingerprint density at radius 3 is 2.75 bits per heavy atom. The van der Waals surface area contributed by atoms with E-state index in [1.54, 1.807) is 23.7 Å². The van der Waals surface area contributed by atoms with Gasteiger partial charge in [0.25, 0.3) is 0 Å². The average Bonchev–Trinajstić information content (AvgIpc) is 3.07. The number of aromatic nitrogens is 3. The second kappa shape index (κ2) is 5.09. The maximum atomic E-state index is 6.05. The summed E-state index contributed by atoms with van der Waals surface area (Å²) in [5, 5.41) is 0. The van der Waals surface area contributed by atoms with Gasteiger partial charge < -0.3 is 10.3 Å². The Morgan fingerprint density at radius 2 is 2.05 bits per heavy atom. The van der Waals surface area contributed by atoms with Crippen molar-refractivity contribution >= 4 is 17.0 Å². The Balaban J connectivity index is 2.05. The molecule has 0 spiro atoms. The van der Waals surface area contributed by atoms with E-state index >= 15 is 0 Å². The van der Waals surface area contributed by atoms with Crippen LogP contribution in [0.3, 0.4) is 0 Å². The summed E-state index contributed by atoms with van der Waals surface area (Å²) < 4.78 is 2.14. The molecule has 0 aliphatic rings. The molecule has 0 fully saturated rings. The molecule has 0 aliphatic carbocycles. The molecule has 20 heavy (non-hydrogen) atoms. The maximum absolute atomic E-state index is 6.05. The zero-order valence-electron chi connectivity index (χ0n) is 11.4. The first kappa shape index (κ1) is 12.9. The Morgan fingerprint density at radius 1 is 1.20 bits per heavy atom. The number of pyridine rings is 1. The van der Waals surface area contributed by atoms with Crippen molar-refractivity contribution in [2.75, 3.05) is 5.73 Å². The first-order valence-corrected chi connectivity index (χ1v) is 7.26. The van der Waals surface area contributed by atoms with Crippen LogP contribution in [0.5, 0.6) is 0 Å². The van der Waals surface area contributed by atoms with Gasteiger partial charge in [-0.05, 0) is 32.0 Å². The number of anilines is 1. The number of nitrogens with two attached hydrogens (primary N) is 1. The summed E-state index contributed by atoms with van der Waals surface area (Å²) in [6.07, 6.45) is 7.17. The fraction of sp³-hybridized carbons (Fsp3) is 0.200. The number of rotatable bonds is 3. The quantitative estimate of drug-likeness (QED) is 0.800. The van der Waals surface area contributed by atoms with Crippen LogP contribution in [0.15, 0.2) is 43.1 Å². The van der Waals surface area contributed by atoms with Crippen LogP contribution in [0.4, 0.5) is 5.69 Å². The van der Waals surface area contributed by atoms with Gasteiger partial charge in [0.05, 0.1) is 24.3 Å². The average molecular weight is 284 g/mol. The Labute approximate surface area is 121 Å². The number of thiophene rings is 1. The Kier molecular flexibility index (Phi) is 3.28. The minimum absolute atomic E-state index is 0.228. The van der Waals surface area contributed by atoms with Crippen molar-refractivity contribution in [2.45, 2.75) is 19.9 Å². The van der Waals surface area contributed by atoms with E-state index in [0.717, 1.165) is 16.9 Å². The summed E-state index contributed by atoms with van der Waals surface area (Å²) in [5.74, 6) is 0. The summed E-state index contributed by atoms with van der Waals surface area (Å²) in [7, 11) is 0. The van der Waals surface area contributed by atoms with Gasteiger partial charge in [0.1, 0.15) is 0 Å². The molecule has 3 rings (SSSR count). The number of nitrogens with zero attached hydrogens (tertiary/aromatic N) is 3. The highest BCUT2D eigenvalue weighted by atomic mass is 32.1. The van der Waals surface area contributed by atoms with E-state index in [1.807, 2.05) is 18.6 Å². The van der Waals surface area contributed by atoms with E-state index < -0.39 is 0 Å². The van der Waals surface area contributed by atoms with E-state index in [2.05, 4.69) is 40.5 Å². The zero-order chi connectivity index (χ0) is 14.1. The van der Waals surface area contributed by atoms with Crippen LogP contribution in [-0.4, -0.2) is 14.5 Å². The van der Waals surface area contributed by atoms with Gasteiger partial charge in [-0.25, -0.2) is 4.98 Å². The molecular formula is C15H16N4S. The number of imidazole rings is 1. The van der Waals surface area contributed by atoms with Crippen molar-refractivity contribution in [3.8, 4) is 11.3 Å². The summed E-state index contributed by atoms with van der Waals surface area (Å²) >= 11 is 1.81. The summed E-state index contributed by atoms with van der Waals surface area (Å²) in [6.45, 7) is 4.29. The molecule has 0 radical (unpaired) electrons. The van der Waals surface area contributed by atoms with Gasteiger partial charge in [-0.3, -0.25) is 4.98 Å². The van der Waals surface area contributed by atoms with Gasteiger partial charge in [0, 0.05) is 33.4 Å². The molecule has 4 nitrogen and oxygen atoms in total. The lowest BCUT2D eigenvalue weighted by Gasteiger charge is -2.16. The van der Waals surface area contributed by atoms with Crippen LogP contribution in [0.25, 0.3) is 11.3 Å². The van der Waals surface area contributed by atoms with Crippen molar-refractivity contribution in [3.63, 3.8) is 0 Å². The molecule has 1 atom stereocenters. The fourth-order valence-electron chi connectivity index (χ4n) is 2.26. The third-order valence-corrected chi connectivity index (χ3v) is 4.56. The van der Waals surface area contributed by atoms with Crippen LogP contribution >= 0.6 is 11.3 Å². The Bertz CT molecular complexity index is 729. The molecule has 0 bridgehead atoms. The molecule has 3 aromatic heterocycles. The van der Waals surface area contributed by atoms with E-state index in [0.29, 0.717) is 0 Å². The van der Waals surface area contributed by atoms with Crippen LogP contribution < -0.4 is 5.73 Å². The molecule has 3 heterocycles. The predicted octanol–water partition coefficient (Wildman–Crippen LogP) is 3.51. The number of hydrogen-bond acceptors (Lipinski definition) is 4. The smallest absolute Gasteiger partial charge is 0.0956 e. The third kappa shape index (κ3) is 2.20. The second-order valence-corrected chi connectivity index (χ2v) is 6.09. The largest absolute Gasteiger partial charge is 0.398 e. The highest BCUT2D eigenvalue weighted by Crippen LogP contribution is 2.31. The second-order valence-electron chi connectivity index (χ2n) is 4.77. The molecule has 5 heteroatoms. The normalized spacial score (nSPS) is 12.5. The van der Waals surface area contributed by atoms with Crippen molar-refractivity contribution in [2.24, 2.45) is 0 Å². The van der Waals surface area contributed by atoms with Gasteiger partial charge in [-0.15, -0.1) is 11.3 Å². The van der Waals surface area contributed by atoms with Crippen molar-refractivity contribution in [1.29, 1.82) is 0 Å². The SMILES string of the molecule is Cc1ccc(C(C)n2cncc2-c2cnccc2N)s1. The molecule has 2 N–H and O–H groups in total. The number of hydrogen-bond donors (Lipinski definition) is 1. The molecule has 1 unspecified atom stereocenters. The number of aryl methyl sites for hydroxylation is 1. The summed E-state index contributed by atoms with van der Waals surface area (Å²) in [6, 6.07) is 6.35. The molecular weight excluding hydrogens is 268 g/mol. The van der Waals surface area contributed by atoms with Crippen molar-refractivity contribution in [1.82, 2.24) is 14.5 Å². The zero-order valence-corrected chi connectivity index (χ0v) is 12.3. The first-order valence-electron chi connectivity index (χ1n) is 6.45. The van der Waals surface area contributed by atoms with Crippen LogP contribution in [-0.2, 0) is 0 Å². The van der Waals surface area contributed by atoms with Gasteiger partial charge >= 0.3 is 0 Å². The lowest BCUT2D eigenvalue weighted by atomic mass is 10.1. The van der Waals surface area contributed by atoms with Crippen molar-refractivity contribution in [3.05, 3.63) is 52.9 Å². The molecule has 0 saturated carbocycles. The molecule has 3 aromatic rings. The van der Waals surface area contributed by atoms with E-state index in [4.69, 9.17) is 5.73 Å². The van der Waals surface area contributed by atoms with E-state index in [1.165, 1.54) is 9.75 Å². The molecule has 0 amide bonds. The monoisotopic (exact) mass is 284 g/mol. The van der Waals surface area contributed by atoms with Crippen LogP contribution in [0, 0.1) is 6.92 Å². The van der Waals surface area contributed by atoms with Crippen LogP contribution in [0.1, 0.15) is 22.7 Å². The minimum Gasteiger partial charge on any atom is -0.398 e. The van der Waals surface area contributed by atoms with E-state index in [-0.39, 0.29) is 6.04 Å². The predicted molar refractivity (Wildman–Crippen MR) is 82.7 cm³/mol. The standard InChI is InChI=1S/C15H16N4S/c1-10-3-4-15(20-10)11(2)19-9-18-8-14(19)12-7-17-6-5-13(12)16/h3-9,11H,1-2H3,(H2,16,17). The summed E-state index contributed by atoms with van der Waals surface area (Å²) in [5.41, 5.74) is 8.68. The minimum atomic E-state index is 0.228. The van der Waals surface area contributed by atoms with Gasteiger partial charge in [0.2, 0.25) is 0 Å². The maximum Gasteiger partial charge on any atom is 0.0956 e. The highest BCUT2D eigenvalue weighted by molar-refractivity contribution is 7.12. The van der Waals surface area contributed by atoms with Crippen LogP contribution in [0.2, 0.25) is 0 Å².